The lowest BCUT2D eigenvalue weighted by Gasteiger charge is -2.17. The second kappa shape index (κ2) is 8.19. The average molecular weight is 458 g/mol. The van der Waals surface area contributed by atoms with E-state index in [1.165, 1.54) is 0 Å². The Morgan fingerprint density at radius 3 is 2.03 bits per heavy atom. The van der Waals surface area contributed by atoms with Crippen molar-refractivity contribution in [3.05, 3.63) is 114 Å². The minimum Gasteiger partial charge on any atom is -0.350 e. The maximum absolute atomic E-state index is 13.5. The number of rotatable bonds is 4. The summed E-state index contributed by atoms with van der Waals surface area (Å²) in [7, 11) is 0. The minimum atomic E-state index is -4.52. The molecule has 0 bridgehead atoms. The van der Waals surface area contributed by atoms with Gasteiger partial charge in [-0.2, -0.15) is 13.2 Å². The van der Waals surface area contributed by atoms with Gasteiger partial charge in [0.25, 0.3) is 11.8 Å². The summed E-state index contributed by atoms with van der Waals surface area (Å²) >= 11 is 0. The summed E-state index contributed by atoms with van der Waals surface area (Å²) in [6.45, 7) is 0. The van der Waals surface area contributed by atoms with Crippen LogP contribution in [0.15, 0.2) is 103 Å². The molecule has 4 aromatic rings. The summed E-state index contributed by atoms with van der Waals surface area (Å²) in [5, 5.41) is 4.94. The maximum atomic E-state index is 13.5. The first kappa shape index (κ1) is 21.5. The van der Waals surface area contributed by atoms with E-state index in [9.17, 15) is 22.8 Å². The molecule has 1 heterocycles. The molecule has 34 heavy (non-hydrogen) atoms. The predicted molar refractivity (Wildman–Crippen MR) is 125 cm³/mol. The Kier molecular flexibility index (Phi) is 5.17. The SMILES string of the molecule is O=C1C(Nc2cccc3ccccc23)=C(c2ccccc2)C(=O)N1c1ccc(C(F)(F)F)cc1. The molecule has 0 saturated heterocycles. The van der Waals surface area contributed by atoms with Crippen molar-refractivity contribution in [2.75, 3.05) is 10.2 Å². The molecule has 0 saturated carbocycles. The van der Waals surface area contributed by atoms with Crippen molar-refractivity contribution in [2.45, 2.75) is 6.18 Å². The Bertz CT molecular complexity index is 1440. The van der Waals surface area contributed by atoms with Gasteiger partial charge in [0.2, 0.25) is 0 Å². The number of carbonyl (C=O) groups excluding carboxylic acids is 2. The summed E-state index contributed by atoms with van der Waals surface area (Å²) < 4.78 is 39.0. The number of halogens is 3. The first-order valence-electron chi connectivity index (χ1n) is 10.4. The van der Waals surface area contributed by atoms with Gasteiger partial charge < -0.3 is 5.32 Å². The van der Waals surface area contributed by atoms with Gasteiger partial charge in [-0.1, -0.05) is 66.7 Å². The van der Waals surface area contributed by atoms with Gasteiger partial charge in [-0.15, -0.1) is 0 Å². The highest BCUT2D eigenvalue weighted by molar-refractivity contribution is 6.46. The van der Waals surface area contributed by atoms with Gasteiger partial charge in [0.05, 0.1) is 16.8 Å². The monoisotopic (exact) mass is 458 g/mol. The number of anilines is 2. The normalized spacial score (nSPS) is 14.3. The van der Waals surface area contributed by atoms with Crippen LogP contribution in [0.5, 0.6) is 0 Å². The van der Waals surface area contributed by atoms with Crippen LogP contribution in [0.1, 0.15) is 11.1 Å². The van der Waals surface area contributed by atoms with Crippen LogP contribution in [-0.2, 0) is 15.8 Å². The smallest absolute Gasteiger partial charge is 0.350 e. The average Bonchev–Trinajstić information content (AvgIpc) is 3.08. The summed E-state index contributed by atoms with van der Waals surface area (Å²) in [5.74, 6) is -1.25. The third kappa shape index (κ3) is 3.71. The Balaban J connectivity index is 1.60. The van der Waals surface area contributed by atoms with Crippen LogP contribution in [0.3, 0.4) is 0 Å². The van der Waals surface area contributed by atoms with Crippen LogP contribution in [0, 0.1) is 0 Å². The summed E-state index contributed by atoms with van der Waals surface area (Å²) in [4.78, 5) is 27.8. The van der Waals surface area contributed by atoms with Crippen LogP contribution < -0.4 is 10.2 Å². The van der Waals surface area contributed by atoms with Crippen LogP contribution in [0.2, 0.25) is 0 Å². The molecule has 0 unspecified atom stereocenters. The highest BCUT2D eigenvalue weighted by Gasteiger charge is 2.40. The molecule has 0 aromatic heterocycles. The zero-order chi connectivity index (χ0) is 23.9. The summed E-state index contributed by atoms with van der Waals surface area (Å²) in [6, 6.07) is 25.8. The number of hydrogen-bond donors (Lipinski definition) is 1. The molecule has 4 aromatic carbocycles. The number of nitrogens with one attached hydrogen (secondary N) is 1. The van der Waals surface area contributed by atoms with Gasteiger partial charge in [0, 0.05) is 11.1 Å². The van der Waals surface area contributed by atoms with E-state index in [-0.39, 0.29) is 17.0 Å². The molecule has 4 nitrogen and oxygen atoms in total. The Morgan fingerprint density at radius 2 is 1.32 bits per heavy atom. The highest BCUT2D eigenvalue weighted by Crippen LogP contribution is 2.36. The van der Waals surface area contributed by atoms with Gasteiger partial charge in [-0.3, -0.25) is 9.59 Å². The van der Waals surface area contributed by atoms with Gasteiger partial charge in [0.1, 0.15) is 5.70 Å². The summed E-state index contributed by atoms with van der Waals surface area (Å²) in [5.41, 5.74) is 0.577. The first-order chi connectivity index (χ1) is 16.3. The van der Waals surface area contributed by atoms with Crippen LogP contribution in [-0.4, -0.2) is 11.8 Å². The lowest BCUT2D eigenvalue weighted by atomic mass is 10.0. The predicted octanol–water partition coefficient (Wildman–Crippen LogP) is 6.26. The number of benzene rings is 4. The van der Waals surface area contributed by atoms with E-state index in [2.05, 4.69) is 5.32 Å². The van der Waals surface area contributed by atoms with Crippen molar-refractivity contribution in [1.29, 1.82) is 0 Å². The van der Waals surface area contributed by atoms with Gasteiger partial charge in [-0.05, 0) is 41.3 Å². The van der Waals surface area contributed by atoms with Crippen LogP contribution >= 0.6 is 0 Å². The molecule has 2 amide bonds. The largest absolute Gasteiger partial charge is 0.416 e. The minimum absolute atomic E-state index is 0.0613. The van der Waals surface area contributed by atoms with Gasteiger partial charge in [-0.25, -0.2) is 4.90 Å². The molecular formula is C27H17F3N2O2. The fraction of sp³-hybridized carbons (Fsp3) is 0.0370. The van der Waals surface area contributed by atoms with Crippen LogP contribution in [0.25, 0.3) is 16.3 Å². The Hall–Kier alpha value is -4.39. The van der Waals surface area contributed by atoms with Crippen molar-refractivity contribution in [1.82, 2.24) is 0 Å². The first-order valence-corrected chi connectivity index (χ1v) is 10.4. The molecular weight excluding hydrogens is 441 g/mol. The molecule has 0 atom stereocenters. The third-order valence-corrected chi connectivity index (χ3v) is 5.65. The Labute approximate surface area is 192 Å². The second-order valence-electron chi connectivity index (χ2n) is 7.76. The lowest BCUT2D eigenvalue weighted by Crippen LogP contribution is -2.32. The van der Waals surface area contributed by atoms with E-state index in [4.69, 9.17) is 0 Å². The fourth-order valence-corrected chi connectivity index (χ4v) is 4.02. The molecule has 1 aliphatic heterocycles. The van der Waals surface area contributed by atoms with E-state index in [1.54, 1.807) is 36.4 Å². The molecule has 5 rings (SSSR count). The molecule has 0 aliphatic carbocycles. The number of hydrogen-bond acceptors (Lipinski definition) is 3. The molecule has 0 radical (unpaired) electrons. The van der Waals surface area contributed by atoms with E-state index in [1.807, 2.05) is 36.4 Å². The van der Waals surface area contributed by atoms with Crippen molar-refractivity contribution in [3.8, 4) is 0 Å². The molecule has 7 heteroatoms. The number of alkyl halides is 3. The van der Waals surface area contributed by atoms with Crippen molar-refractivity contribution < 1.29 is 22.8 Å². The van der Waals surface area contributed by atoms with Crippen molar-refractivity contribution >= 4 is 39.5 Å². The molecule has 0 fully saturated rings. The van der Waals surface area contributed by atoms with Gasteiger partial charge >= 0.3 is 6.18 Å². The summed E-state index contributed by atoms with van der Waals surface area (Å²) in [6.07, 6.45) is -4.52. The molecule has 168 valence electrons. The van der Waals surface area contributed by atoms with E-state index in [0.717, 1.165) is 39.9 Å². The highest BCUT2D eigenvalue weighted by atomic mass is 19.4. The van der Waals surface area contributed by atoms with Crippen molar-refractivity contribution in [2.24, 2.45) is 0 Å². The molecule has 0 spiro atoms. The topological polar surface area (TPSA) is 49.4 Å². The zero-order valence-electron chi connectivity index (χ0n) is 17.6. The van der Waals surface area contributed by atoms with E-state index < -0.39 is 23.6 Å². The quantitative estimate of drug-likeness (QED) is 0.368. The number of fused-ring (bicyclic) bond motifs is 1. The zero-order valence-corrected chi connectivity index (χ0v) is 17.6. The second-order valence-corrected chi connectivity index (χ2v) is 7.76. The number of imide groups is 1. The van der Waals surface area contributed by atoms with Crippen molar-refractivity contribution in [3.63, 3.8) is 0 Å². The Morgan fingerprint density at radius 1 is 0.676 bits per heavy atom. The van der Waals surface area contributed by atoms with Crippen LogP contribution in [0.4, 0.5) is 24.5 Å². The third-order valence-electron chi connectivity index (χ3n) is 5.65. The number of amides is 2. The number of carbonyl (C=O) groups is 2. The van der Waals surface area contributed by atoms with E-state index >= 15 is 0 Å². The lowest BCUT2D eigenvalue weighted by molar-refractivity contribution is -0.137. The molecule has 1 aliphatic rings. The standard InChI is InChI=1S/C27H17F3N2O2/c28-27(29,30)19-13-15-20(16-14-19)32-25(33)23(18-8-2-1-3-9-18)24(26(32)34)31-22-12-6-10-17-7-4-5-11-21(17)22/h1-16,31H. The maximum Gasteiger partial charge on any atom is 0.416 e. The number of nitrogens with zero attached hydrogens (tertiary/aromatic N) is 1. The fourth-order valence-electron chi connectivity index (χ4n) is 4.02. The molecule has 1 N–H and O–H groups in total. The van der Waals surface area contributed by atoms with Gasteiger partial charge in [0.15, 0.2) is 0 Å². The van der Waals surface area contributed by atoms with E-state index in [0.29, 0.717) is 11.3 Å².